The predicted octanol–water partition coefficient (Wildman–Crippen LogP) is 3.79. The summed E-state index contributed by atoms with van der Waals surface area (Å²) in [6.45, 7) is 0.139. The molecule has 2 amide bonds. The van der Waals surface area contributed by atoms with Gasteiger partial charge in [0.25, 0.3) is 5.91 Å². The van der Waals surface area contributed by atoms with Gasteiger partial charge in [-0.1, -0.05) is 65.8 Å². The van der Waals surface area contributed by atoms with E-state index in [9.17, 15) is 14.4 Å². The van der Waals surface area contributed by atoms with Crippen molar-refractivity contribution in [3.8, 4) is 11.1 Å². The molecule has 3 N–H and O–H groups in total. The molecule has 2 unspecified atom stereocenters. The second-order valence-corrected chi connectivity index (χ2v) is 8.17. The summed E-state index contributed by atoms with van der Waals surface area (Å²) in [5.74, 6) is -2.22. The van der Waals surface area contributed by atoms with Gasteiger partial charge in [0, 0.05) is 18.0 Å². The molecule has 2 aliphatic carbocycles. The maximum Gasteiger partial charge on any atom is 0.414 e. The topological polar surface area (TPSA) is 131 Å². The number of nitrogens with one attached hydrogen (secondary N) is 2. The molecule has 5 rings (SSSR count). The van der Waals surface area contributed by atoms with Gasteiger partial charge in [0.1, 0.15) is 6.61 Å². The Balaban J connectivity index is 1.17. The molecule has 2 aromatic carbocycles. The van der Waals surface area contributed by atoms with E-state index in [4.69, 9.17) is 14.4 Å². The standard InChI is InChI=1S/C25H21N3O6/c29-23(26-15-10-9-14(11-15)24(30)31)21-12-22(34-28-21)27-25(32)33-13-20-18-7-3-1-5-16(18)17-6-2-4-8-19(17)20/h1-10,12,14-15,20H,11,13H2,(H,26,29)(H,27,32)(H,30,31). The Labute approximate surface area is 194 Å². The minimum absolute atomic E-state index is 0.0345. The third-order valence-corrected chi connectivity index (χ3v) is 6.03. The summed E-state index contributed by atoms with van der Waals surface area (Å²) in [7, 11) is 0. The molecular formula is C25H21N3O6. The highest BCUT2D eigenvalue weighted by Crippen LogP contribution is 2.44. The fourth-order valence-electron chi connectivity index (χ4n) is 4.41. The quantitative estimate of drug-likeness (QED) is 0.478. The SMILES string of the molecule is O=C(Nc1cc(C(=O)NC2C=CC(C(=O)O)C2)no1)OCC1c2ccccc2-c2ccccc21. The van der Waals surface area contributed by atoms with Gasteiger partial charge in [-0.2, -0.15) is 0 Å². The number of carboxylic acids is 1. The number of amides is 2. The van der Waals surface area contributed by atoms with Crippen LogP contribution in [0.25, 0.3) is 11.1 Å². The molecule has 0 aliphatic heterocycles. The van der Waals surface area contributed by atoms with Crippen LogP contribution in [0.2, 0.25) is 0 Å². The number of benzene rings is 2. The van der Waals surface area contributed by atoms with Crippen molar-refractivity contribution in [1.82, 2.24) is 10.5 Å². The van der Waals surface area contributed by atoms with Gasteiger partial charge in [0.15, 0.2) is 5.69 Å². The molecule has 9 heteroatoms. The Morgan fingerprint density at radius 1 is 1.03 bits per heavy atom. The lowest BCUT2D eigenvalue weighted by Gasteiger charge is -2.13. The van der Waals surface area contributed by atoms with Gasteiger partial charge in [0.05, 0.1) is 5.92 Å². The Morgan fingerprint density at radius 2 is 1.71 bits per heavy atom. The zero-order chi connectivity index (χ0) is 23.7. The summed E-state index contributed by atoms with van der Waals surface area (Å²) >= 11 is 0. The second kappa shape index (κ2) is 8.86. The van der Waals surface area contributed by atoms with E-state index < -0.39 is 29.9 Å². The molecule has 1 heterocycles. The maximum absolute atomic E-state index is 12.4. The largest absolute Gasteiger partial charge is 0.481 e. The number of hydrogen-bond donors (Lipinski definition) is 3. The average molecular weight is 459 g/mol. The molecule has 0 spiro atoms. The first-order valence-corrected chi connectivity index (χ1v) is 10.8. The average Bonchev–Trinajstić information content (AvgIpc) is 3.56. The molecule has 0 saturated carbocycles. The van der Waals surface area contributed by atoms with Gasteiger partial charge in [-0.3, -0.25) is 14.9 Å². The van der Waals surface area contributed by atoms with Crippen LogP contribution < -0.4 is 10.6 Å². The molecule has 34 heavy (non-hydrogen) atoms. The molecule has 2 aliphatic rings. The lowest BCUT2D eigenvalue weighted by atomic mass is 9.98. The number of anilines is 1. The second-order valence-electron chi connectivity index (χ2n) is 8.17. The van der Waals surface area contributed by atoms with E-state index in [1.807, 2.05) is 36.4 Å². The minimum atomic E-state index is -0.941. The maximum atomic E-state index is 12.4. The highest BCUT2D eigenvalue weighted by Gasteiger charge is 2.29. The summed E-state index contributed by atoms with van der Waals surface area (Å²) in [6, 6.07) is 16.9. The smallest absolute Gasteiger partial charge is 0.414 e. The number of fused-ring (bicyclic) bond motifs is 3. The summed E-state index contributed by atoms with van der Waals surface area (Å²) < 4.78 is 10.5. The van der Waals surface area contributed by atoms with Crippen LogP contribution >= 0.6 is 0 Å². The van der Waals surface area contributed by atoms with Gasteiger partial charge >= 0.3 is 12.1 Å². The van der Waals surface area contributed by atoms with E-state index >= 15 is 0 Å². The molecule has 0 saturated heterocycles. The van der Waals surface area contributed by atoms with Gasteiger partial charge in [-0.05, 0) is 28.7 Å². The van der Waals surface area contributed by atoms with Crippen LogP contribution in [0.15, 0.2) is 71.3 Å². The van der Waals surface area contributed by atoms with E-state index in [0.717, 1.165) is 22.3 Å². The van der Waals surface area contributed by atoms with E-state index in [1.54, 1.807) is 12.2 Å². The number of aromatic nitrogens is 1. The number of nitrogens with zero attached hydrogens (tertiary/aromatic N) is 1. The summed E-state index contributed by atoms with van der Waals surface area (Å²) in [6.07, 6.45) is 2.71. The van der Waals surface area contributed by atoms with Crippen LogP contribution in [0.5, 0.6) is 0 Å². The molecule has 0 bridgehead atoms. The Kier molecular flexibility index (Phi) is 5.59. The molecular weight excluding hydrogens is 438 g/mol. The van der Waals surface area contributed by atoms with Crippen LogP contribution in [-0.4, -0.2) is 40.9 Å². The van der Waals surface area contributed by atoms with Crippen LogP contribution in [0.4, 0.5) is 10.7 Å². The van der Waals surface area contributed by atoms with Crippen molar-refractivity contribution in [2.24, 2.45) is 5.92 Å². The van der Waals surface area contributed by atoms with Crippen molar-refractivity contribution < 1.29 is 28.8 Å². The number of hydrogen-bond acceptors (Lipinski definition) is 6. The first-order chi connectivity index (χ1) is 16.5. The van der Waals surface area contributed by atoms with Crippen molar-refractivity contribution in [1.29, 1.82) is 0 Å². The summed E-state index contributed by atoms with van der Waals surface area (Å²) in [5, 5.41) is 17.8. The lowest BCUT2D eigenvalue weighted by Crippen LogP contribution is -2.33. The van der Waals surface area contributed by atoms with Crippen LogP contribution in [-0.2, 0) is 9.53 Å². The van der Waals surface area contributed by atoms with Crippen LogP contribution in [0, 0.1) is 5.92 Å². The van der Waals surface area contributed by atoms with Gasteiger partial charge in [-0.25, -0.2) is 4.79 Å². The van der Waals surface area contributed by atoms with E-state index in [-0.39, 0.29) is 30.5 Å². The van der Waals surface area contributed by atoms with Crippen LogP contribution in [0.3, 0.4) is 0 Å². The van der Waals surface area contributed by atoms with Crippen molar-refractivity contribution in [3.05, 3.63) is 83.6 Å². The molecule has 9 nitrogen and oxygen atoms in total. The van der Waals surface area contributed by atoms with Gasteiger partial charge < -0.3 is 19.7 Å². The molecule has 0 radical (unpaired) electrons. The zero-order valence-corrected chi connectivity index (χ0v) is 17.9. The Hall–Kier alpha value is -4.40. The third-order valence-electron chi connectivity index (χ3n) is 6.03. The monoisotopic (exact) mass is 459 g/mol. The first-order valence-electron chi connectivity index (χ1n) is 10.8. The molecule has 1 aromatic heterocycles. The highest BCUT2D eigenvalue weighted by atomic mass is 16.6. The van der Waals surface area contributed by atoms with Crippen molar-refractivity contribution >= 4 is 23.9 Å². The van der Waals surface area contributed by atoms with Crippen molar-refractivity contribution in [2.75, 3.05) is 11.9 Å². The van der Waals surface area contributed by atoms with E-state index in [1.165, 1.54) is 6.07 Å². The fraction of sp³-hybridized carbons (Fsp3) is 0.200. The van der Waals surface area contributed by atoms with Gasteiger partial charge in [0.2, 0.25) is 5.88 Å². The predicted molar refractivity (Wildman–Crippen MR) is 121 cm³/mol. The molecule has 2 atom stereocenters. The van der Waals surface area contributed by atoms with Crippen molar-refractivity contribution in [3.63, 3.8) is 0 Å². The number of ether oxygens (including phenoxy) is 1. The Bertz CT molecular complexity index is 1250. The minimum Gasteiger partial charge on any atom is -0.481 e. The third kappa shape index (κ3) is 4.15. The normalized spacial score (nSPS) is 18.2. The summed E-state index contributed by atoms with van der Waals surface area (Å²) in [4.78, 5) is 35.7. The number of carboxylic acid groups (broad SMARTS) is 1. The molecule has 3 aromatic rings. The number of carbonyl (C=O) groups is 3. The van der Waals surface area contributed by atoms with E-state index in [2.05, 4.69) is 27.9 Å². The number of rotatable bonds is 6. The fourth-order valence-corrected chi connectivity index (χ4v) is 4.41. The lowest BCUT2D eigenvalue weighted by molar-refractivity contribution is -0.140. The Morgan fingerprint density at radius 3 is 2.35 bits per heavy atom. The highest BCUT2D eigenvalue weighted by molar-refractivity contribution is 5.94. The number of carbonyl (C=O) groups excluding carboxylic acids is 2. The van der Waals surface area contributed by atoms with Crippen LogP contribution in [0.1, 0.15) is 34.0 Å². The van der Waals surface area contributed by atoms with E-state index in [0.29, 0.717) is 0 Å². The van der Waals surface area contributed by atoms with Crippen molar-refractivity contribution in [2.45, 2.75) is 18.4 Å². The molecule has 0 fully saturated rings. The van der Waals surface area contributed by atoms with Gasteiger partial charge in [-0.15, -0.1) is 0 Å². The summed E-state index contributed by atoms with van der Waals surface area (Å²) in [5.41, 5.74) is 4.41. The number of aliphatic carboxylic acids is 1. The zero-order valence-electron chi connectivity index (χ0n) is 17.9. The first kappa shape index (κ1) is 21.4. The molecule has 172 valence electrons.